The van der Waals surface area contributed by atoms with Gasteiger partial charge >= 0.3 is 0 Å². The highest BCUT2D eigenvalue weighted by Gasteiger charge is 2.14. The van der Waals surface area contributed by atoms with E-state index in [0.29, 0.717) is 0 Å². The monoisotopic (exact) mass is 351 g/mol. The smallest absolute Gasteiger partial charge is 0.0745 e. The van der Waals surface area contributed by atoms with Gasteiger partial charge in [0.05, 0.1) is 10.9 Å². The van der Waals surface area contributed by atoms with Gasteiger partial charge in [-0.1, -0.05) is 24.3 Å². The van der Waals surface area contributed by atoms with E-state index in [2.05, 4.69) is 39.1 Å². The summed E-state index contributed by atoms with van der Waals surface area (Å²) in [4.78, 5) is 5.82. The highest BCUT2D eigenvalue weighted by molar-refractivity contribution is 9.10. The van der Waals surface area contributed by atoms with E-state index in [4.69, 9.17) is 11.6 Å². The molecule has 0 saturated heterocycles. The third-order valence-corrected chi connectivity index (χ3v) is 5.46. The first-order chi connectivity index (χ1) is 9.24. The second kappa shape index (κ2) is 5.61. The SMILES string of the molecule is ClC(Cc1ccc2ccccc2n1)c1sccc1Br. The number of para-hydroxylation sites is 1. The number of benzene rings is 1. The first kappa shape index (κ1) is 13.1. The number of hydrogen-bond donors (Lipinski definition) is 0. The van der Waals surface area contributed by atoms with E-state index >= 15 is 0 Å². The Balaban J connectivity index is 1.87. The summed E-state index contributed by atoms with van der Waals surface area (Å²) in [5, 5.41) is 3.17. The second-order valence-electron chi connectivity index (χ2n) is 4.30. The number of rotatable bonds is 3. The molecule has 0 bridgehead atoms. The molecule has 4 heteroatoms. The average Bonchev–Trinajstić information content (AvgIpc) is 2.85. The van der Waals surface area contributed by atoms with Crippen LogP contribution in [0.25, 0.3) is 10.9 Å². The molecule has 0 aliphatic carbocycles. The van der Waals surface area contributed by atoms with Crippen molar-refractivity contribution in [1.29, 1.82) is 0 Å². The number of fused-ring (bicyclic) bond motifs is 1. The number of halogens is 2. The molecule has 0 fully saturated rings. The Hall–Kier alpha value is -0.900. The minimum atomic E-state index is -0.0389. The van der Waals surface area contributed by atoms with Crippen molar-refractivity contribution >= 4 is 49.8 Å². The molecule has 3 aromatic rings. The van der Waals surface area contributed by atoms with Crippen LogP contribution in [0.1, 0.15) is 15.9 Å². The number of hydrogen-bond acceptors (Lipinski definition) is 2. The van der Waals surface area contributed by atoms with Gasteiger partial charge in [-0.3, -0.25) is 4.98 Å². The third-order valence-electron chi connectivity index (χ3n) is 2.97. The van der Waals surface area contributed by atoms with E-state index in [1.165, 1.54) is 0 Å². The molecular weight excluding hydrogens is 342 g/mol. The molecule has 0 N–H and O–H groups in total. The Morgan fingerprint density at radius 2 is 2.00 bits per heavy atom. The van der Waals surface area contributed by atoms with Crippen molar-refractivity contribution in [3.8, 4) is 0 Å². The summed E-state index contributed by atoms with van der Waals surface area (Å²) in [6.45, 7) is 0. The van der Waals surface area contributed by atoms with Crippen LogP contribution in [0.4, 0.5) is 0 Å². The molecule has 1 unspecified atom stereocenters. The molecular formula is C15H11BrClNS. The topological polar surface area (TPSA) is 12.9 Å². The predicted octanol–water partition coefficient (Wildman–Crippen LogP) is 5.58. The standard InChI is InChI=1S/C15H11BrClNS/c16-12-7-8-19-15(12)13(17)9-11-6-5-10-3-1-2-4-14(10)18-11/h1-8,13H,9H2. The molecule has 1 atom stereocenters. The predicted molar refractivity (Wildman–Crippen MR) is 86.1 cm³/mol. The number of alkyl halides is 1. The van der Waals surface area contributed by atoms with Crippen molar-refractivity contribution in [2.24, 2.45) is 0 Å². The van der Waals surface area contributed by atoms with Crippen LogP contribution in [0.2, 0.25) is 0 Å². The fourth-order valence-electron chi connectivity index (χ4n) is 2.03. The molecule has 0 amide bonds. The molecule has 2 aromatic heterocycles. The number of pyridine rings is 1. The molecule has 96 valence electrons. The van der Waals surface area contributed by atoms with E-state index in [1.54, 1.807) is 11.3 Å². The van der Waals surface area contributed by atoms with Gasteiger partial charge in [0.2, 0.25) is 0 Å². The maximum atomic E-state index is 6.48. The van der Waals surface area contributed by atoms with Crippen molar-refractivity contribution in [2.45, 2.75) is 11.8 Å². The van der Waals surface area contributed by atoms with Crippen LogP contribution in [0, 0.1) is 0 Å². The molecule has 0 spiro atoms. The van der Waals surface area contributed by atoms with E-state index in [0.717, 1.165) is 32.4 Å². The lowest BCUT2D eigenvalue weighted by Crippen LogP contribution is -1.97. The van der Waals surface area contributed by atoms with Gasteiger partial charge in [-0.25, -0.2) is 0 Å². The summed E-state index contributed by atoms with van der Waals surface area (Å²) in [6.07, 6.45) is 0.742. The Kier molecular flexibility index (Phi) is 3.87. The molecule has 1 nitrogen and oxygen atoms in total. The minimum absolute atomic E-state index is 0.0389. The van der Waals surface area contributed by atoms with Gasteiger partial charge in [-0.15, -0.1) is 22.9 Å². The van der Waals surface area contributed by atoms with Crippen LogP contribution in [-0.2, 0) is 6.42 Å². The van der Waals surface area contributed by atoms with Gasteiger partial charge in [-0.2, -0.15) is 0 Å². The van der Waals surface area contributed by atoms with Gasteiger partial charge in [0, 0.05) is 26.9 Å². The van der Waals surface area contributed by atoms with Gasteiger partial charge in [0.15, 0.2) is 0 Å². The zero-order valence-electron chi connectivity index (χ0n) is 10.0. The van der Waals surface area contributed by atoms with E-state index in [-0.39, 0.29) is 5.38 Å². The Morgan fingerprint density at radius 1 is 1.16 bits per heavy atom. The molecule has 0 aliphatic rings. The Morgan fingerprint density at radius 3 is 2.79 bits per heavy atom. The highest BCUT2D eigenvalue weighted by Crippen LogP contribution is 2.35. The lowest BCUT2D eigenvalue weighted by atomic mass is 10.1. The third kappa shape index (κ3) is 2.83. The molecule has 0 aliphatic heterocycles. The van der Waals surface area contributed by atoms with Crippen LogP contribution >= 0.6 is 38.9 Å². The lowest BCUT2D eigenvalue weighted by Gasteiger charge is -2.08. The first-order valence-corrected chi connectivity index (χ1v) is 8.06. The largest absolute Gasteiger partial charge is 0.253 e. The van der Waals surface area contributed by atoms with Gasteiger partial charge in [0.1, 0.15) is 0 Å². The zero-order chi connectivity index (χ0) is 13.2. The molecule has 2 heterocycles. The molecule has 1 aromatic carbocycles. The number of aromatic nitrogens is 1. The summed E-state index contributed by atoms with van der Waals surface area (Å²) in [6, 6.07) is 14.3. The fraction of sp³-hybridized carbons (Fsp3) is 0.133. The summed E-state index contributed by atoms with van der Waals surface area (Å²) in [5.74, 6) is 0. The average molecular weight is 353 g/mol. The van der Waals surface area contributed by atoms with Gasteiger partial charge < -0.3 is 0 Å². The Labute approximate surface area is 129 Å². The van der Waals surface area contributed by atoms with Crippen molar-refractivity contribution in [3.63, 3.8) is 0 Å². The van der Waals surface area contributed by atoms with Crippen LogP contribution in [0.5, 0.6) is 0 Å². The molecule has 19 heavy (non-hydrogen) atoms. The van der Waals surface area contributed by atoms with Crippen molar-refractivity contribution in [3.05, 3.63) is 62.9 Å². The minimum Gasteiger partial charge on any atom is -0.253 e. The van der Waals surface area contributed by atoms with Gasteiger partial charge in [0.25, 0.3) is 0 Å². The van der Waals surface area contributed by atoms with Crippen molar-refractivity contribution in [2.75, 3.05) is 0 Å². The summed E-state index contributed by atoms with van der Waals surface area (Å²) in [7, 11) is 0. The second-order valence-corrected chi connectivity index (χ2v) is 6.63. The summed E-state index contributed by atoms with van der Waals surface area (Å²) < 4.78 is 1.08. The number of thiophene rings is 1. The van der Waals surface area contributed by atoms with Crippen LogP contribution in [0.3, 0.4) is 0 Å². The maximum Gasteiger partial charge on any atom is 0.0745 e. The quantitative estimate of drug-likeness (QED) is 0.561. The van der Waals surface area contributed by atoms with Crippen molar-refractivity contribution < 1.29 is 0 Å². The van der Waals surface area contributed by atoms with E-state index in [9.17, 15) is 0 Å². The molecule has 0 saturated carbocycles. The zero-order valence-corrected chi connectivity index (χ0v) is 13.2. The maximum absolute atomic E-state index is 6.48. The van der Waals surface area contributed by atoms with E-state index < -0.39 is 0 Å². The van der Waals surface area contributed by atoms with Crippen LogP contribution in [-0.4, -0.2) is 4.98 Å². The van der Waals surface area contributed by atoms with E-state index in [1.807, 2.05) is 29.6 Å². The molecule has 0 radical (unpaired) electrons. The lowest BCUT2D eigenvalue weighted by molar-refractivity contribution is 0.901. The van der Waals surface area contributed by atoms with Gasteiger partial charge in [-0.05, 0) is 39.5 Å². The Bertz CT molecular complexity index is 710. The number of nitrogens with zero attached hydrogens (tertiary/aromatic N) is 1. The highest BCUT2D eigenvalue weighted by atomic mass is 79.9. The molecule has 3 rings (SSSR count). The fourth-order valence-corrected chi connectivity index (χ4v) is 4.22. The van der Waals surface area contributed by atoms with Crippen LogP contribution in [0.15, 0.2) is 52.3 Å². The first-order valence-electron chi connectivity index (χ1n) is 5.95. The normalized spacial score (nSPS) is 12.7. The summed E-state index contributed by atoms with van der Waals surface area (Å²) in [5.41, 5.74) is 2.05. The van der Waals surface area contributed by atoms with Crippen LogP contribution < -0.4 is 0 Å². The summed E-state index contributed by atoms with van der Waals surface area (Å²) >= 11 is 11.7. The van der Waals surface area contributed by atoms with Crippen molar-refractivity contribution in [1.82, 2.24) is 4.98 Å².